The number of hydrogen-bond acceptors (Lipinski definition) is 4. The lowest BCUT2D eigenvalue weighted by atomic mass is 10.1. The number of aryl methyl sites for hydroxylation is 1. The molecule has 0 radical (unpaired) electrons. The Balaban J connectivity index is 1.40. The molecule has 0 unspecified atom stereocenters. The lowest BCUT2D eigenvalue weighted by Crippen LogP contribution is -2.59. The molecule has 122 valence electrons. The zero-order valence-electron chi connectivity index (χ0n) is 13.1. The topological polar surface area (TPSA) is 63.1 Å². The maximum Gasteiger partial charge on any atom is 0.272 e. The van der Waals surface area contributed by atoms with E-state index in [1.54, 1.807) is 24.0 Å². The van der Waals surface area contributed by atoms with E-state index in [4.69, 9.17) is 11.6 Å². The van der Waals surface area contributed by atoms with Gasteiger partial charge in [0.1, 0.15) is 11.5 Å². The lowest BCUT2D eigenvalue weighted by Gasteiger charge is -2.40. The number of rotatable bonds is 3. The lowest BCUT2D eigenvalue weighted by molar-refractivity contribution is 0.0924. The third-order valence-electron chi connectivity index (χ3n) is 4.12. The summed E-state index contributed by atoms with van der Waals surface area (Å²) in [4.78, 5) is 18.9. The first kappa shape index (κ1) is 15.0. The van der Waals surface area contributed by atoms with E-state index >= 15 is 0 Å². The normalized spacial score (nSPS) is 14.7. The number of hydrogen-bond donors (Lipinski definition) is 1. The van der Waals surface area contributed by atoms with Crippen LogP contribution in [-0.2, 0) is 7.05 Å². The second-order valence-corrected chi connectivity index (χ2v) is 6.39. The Bertz CT molecular complexity index is 916. The zero-order chi connectivity index (χ0) is 16.7. The van der Waals surface area contributed by atoms with E-state index < -0.39 is 0 Å². The highest BCUT2D eigenvalue weighted by molar-refractivity contribution is 6.31. The molecule has 1 saturated heterocycles. The molecule has 0 aliphatic carbocycles. The molecule has 1 aliphatic heterocycles. The fraction of sp³-hybridized carbons (Fsp3) is 0.235. The van der Waals surface area contributed by atoms with E-state index in [9.17, 15) is 4.79 Å². The van der Waals surface area contributed by atoms with Crippen molar-refractivity contribution in [3.8, 4) is 0 Å². The first-order valence-corrected chi connectivity index (χ1v) is 8.08. The average Bonchev–Trinajstić information content (AvgIpc) is 2.96. The molecule has 0 spiro atoms. The Labute approximate surface area is 144 Å². The third-order valence-corrected chi connectivity index (χ3v) is 4.36. The second kappa shape index (κ2) is 5.79. The number of carbonyl (C=O) groups is 1. The molecular weight excluding hydrogens is 326 g/mol. The SMILES string of the molecule is Cn1ccc(C(=O)NC2CN(c3ccc4cc(Cl)ccc4n3)C2)n1. The van der Waals surface area contributed by atoms with Crippen LogP contribution in [0.25, 0.3) is 10.9 Å². The van der Waals surface area contributed by atoms with Crippen LogP contribution in [0.1, 0.15) is 10.5 Å². The number of fused-ring (bicyclic) bond motifs is 1. The van der Waals surface area contributed by atoms with Crippen LogP contribution in [-0.4, -0.2) is 39.8 Å². The Hall–Kier alpha value is -2.60. The summed E-state index contributed by atoms with van der Waals surface area (Å²) in [5, 5.41) is 8.82. The maximum absolute atomic E-state index is 12.1. The minimum absolute atomic E-state index is 0.113. The molecule has 1 aromatic carbocycles. The van der Waals surface area contributed by atoms with E-state index in [1.165, 1.54) is 0 Å². The summed E-state index contributed by atoms with van der Waals surface area (Å²) >= 11 is 5.99. The van der Waals surface area contributed by atoms with Crippen molar-refractivity contribution in [1.29, 1.82) is 0 Å². The molecule has 3 heterocycles. The van der Waals surface area contributed by atoms with Gasteiger partial charge in [0.05, 0.1) is 11.6 Å². The quantitative estimate of drug-likeness (QED) is 0.793. The summed E-state index contributed by atoms with van der Waals surface area (Å²) in [6.07, 6.45) is 1.76. The van der Waals surface area contributed by atoms with Gasteiger partial charge in [0.2, 0.25) is 0 Å². The van der Waals surface area contributed by atoms with Gasteiger partial charge < -0.3 is 10.2 Å². The number of pyridine rings is 1. The molecule has 1 N–H and O–H groups in total. The molecule has 24 heavy (non-hydrogen) atoms. The van der Waals surface area contributed by atoms with Crippen molar-refractivity contribution in [2.24, 2.45) is 7.05 Å². The van der Waals surface area contributed by atoms with Crippen molar-refractivity contribution in [3.63, 3.8) is 0 Å². The van der Waals surface area contributed by atoms with Crippen LogP contribution >= 0.6 is 11.6 Å². The highest BCUT2D eigenvalue weighted by atomic mass is 35.5. The minimum atomic E-state index is -0.138. The molecule has 1 fully saturated rings. The number of amides is 1. The number of aromatic nitrogens is 3. The number of nitrogens with zero attached hydrogens (tertiary/aromatic N) is 4. The van der Waals surface area contributed by atoms with Gasteiger partial charge in [0, 0.05) is 36.7 Å². The molecule has 1 amide bonds. The van der Waals surface area contributed by atoms with Gasteiger partial charge in [-0.1, -0.05) is 11.6 Å². The van der Waals surface area contributed by atoms with Gasteiger partial charge in [0.15, 0.2) is 0 Å². The molecule has 0 atom stereocenters. The van der Waals surface area contributed by atoms with Gasteiger partial charge in [-0.2, -0.15) is 5.10 Å². The Morgan fingerprint density at radius 3 is 2.83 bits per heavy atom. The highest BCUT2D eigenvalue weighted by Crippen LogP contribution is 2.24. The summed E-state index contributed by atoms with van der Waals surface area (Å²) in [5.74, 6) is 0.773. The minimum Gasteiger partial charge on any atom is -0.352 e. The van der Waals surface area contributed by atoms with Crippen molar-refractivity contribution in [2.45, 2.75) is 6.04 Å². The van der Waals surface area contributed by atoms with Gasteiger partial charge in [0.25, 0.3) is 5.91 Å². The van der Waals surface area contributed by atoms with Crippen LogP contribution in [0.2, 0.25) is 5.02 Å². The molecule has 0 saturated carbocycles. The average molecular weight is 342 g/mol. The van der Waals surface area contributed by atoms with Gasteiger partial charge in [-0.25, -0.2) is 4.98 Å². The van der Waals surface area contributed by atoms with Crippen molar-refractivity contribution < 1.29 is 4.79 Å². The van der Waals surface area contributed by atoms with Crippen LogP contribution in [0.4, 0.5) is 5.82 Å². The first-order valence-electron chi connectivity index (χ1n) is 7.70. The predicted molar refractivity (Wildman–Crippen MR) is 93.4 cm³/mol. The van der Waals surface area contributed by atoms with Crippen LogP contribution in [0.15, 0.2) is 42.6 Å². The predicted octanol–water partition coefficient (Wildman–Crippen LogP) is 2.24. The number of nitrogens with one attached hydrogen (secondary N) is 1. The van der Waals surface area contributed by atoms with Gasteiger partial charge >= 0.3 is 0 Å². The van der Waals surface area contributed by atoms with Crippen LogP contribution < -0.4 is 10.2 Å². The molecule has 7 heteroatoms. The van der Waals surface area contributed by atoms with Crippen LogP contribution in [0.5, 0.6) is 0 Å². The van der Waals surface area contributed by atoms with E-state index in [0.29, 0.717) is 10.7 Å². The van der Waals surface area contributed by atoms with Gasteiger partial charge in [-0.05, 0) is 36.4 Å². The zero-order valence-corrected chi connectivity index (χ0v) is 13.9. The summed E-state index contributed by atoms with van der Waals surface area (Å²) < 4.78 is 1.62. The van der Waals surface area contributed by atoms with Gasteiger partial charge in [-0.3, -0.25) is 9.48 Å². The van der Waals surface area contributed by atoms with Crippen molar-refractivity contribution in [1.82, 2.24) is 20.1 Å². The van der Waals surface area contributed by atoms with Crippen molar-refractivity contribution >= 4 is 34.2 Å². The summed E-state index contributed by atoms with van der Waals surface area (Å²) in [5.41, 5.74) is 1.36. The number of benzene rings is 1. The third kappa shape index (κ3) is 2.80. The van der Waals surface area contributed by atoms with E-state index in [0.717, 1.165) is 29.8 Å². The molecular formula is C17H16ClN5O. The van der Waals surface area contributed by atoms with Gasteiger partial charge in [-0.15, -0.1) is 0 Å². The number of halogens is 1. The second-order valence-electron chi connectivity index (χ2n) is 5.96. The molecule has 2 aromatic heterocycles. The molecule has 1 aliphatic rings. The van der Waals surface area contributed by atoms with Crippen LogP contribution in [0.3, 0.4) is 0 Å². The standard InChI is InChI=1S/C17H16ClN5O/c1-22-7-6-15(21-22)17(24)19-13-9-23(10-13)16-5-2-11-8-12(18)3-4-14(11)20-16/h2-8,13H,9-10H2,1H3,(H,19,24). The molecule has 4 rings (SSSR count). The Kier molecular flexibility index (Phi) is 3.61. The largest absolute Gasteiger partial charge is 0.352 e. The molecule has 6 nitrogen and oxygen atoms in total. The van der Waals surface area contributed by atoms with Crippen molar-refractivity contribution in [3.05, 3.63) is 53.3 Å². The number of carbonyl (C=O) groups excluding carboxylic acids is 1. The Morgan fingerprint density at radius 2 is 2.08 bits per heavy atom. The molecule has 0 bridgehead atoms. The van der Waals surface area contributed by atoms with Crippen LogP contribution in [0, 0.1) is 0 Å². The fourth-order valence-corrected chi connectivity index (χ4v) is 2.99. The van der Waals surface area contributed by atoms with Crippen molar-refractivity contribution in [2.75, 3.05) is 18.0 Å². The first-order chi connectivity index (χ1) is 11.6. The smallest absolute Gasteiger partial charge is 0.272 e. The fourth-order valence-electron chi connectivity index (χ4n) is 2.81. The Morgan fingerprint density at radius 1 is 1.25 bits per heavy atom. The summed E-state index contributed by atoms with van der Waals surface area (Å²) in [7, 11) is 1.79. The molecule has 3 aromatic rings. The maximum atomic E-state index is 12.1. The summed E-state index contributed by atoms with van der Waals surface area (Å²) in [6.45, 7) is 1.48. The monoisotopic (exact) mass is 341 g/mol. The van der Waals surface area contributed by atoms with E-state index in [2.05, 4.69) is 20.3 Å². The summed E-state index contributed by atoms with van der Waals surface area (Å²) in [6, 6.07) is 11.5. The van der Waals surface area contributed by atoms with E-state index in [-0.39, 0.29) is 11.9 Å². The van der Waals surface area contributed by atoms with E-state index in [1.807, 2.05) is 30.3 Å². The number of anilines is 1. The highest BCUT2D eigenvalue weighted by Gasteiger charge is 2.29.